The number of pyridine rings is 1. The summed E-state index contributed by atoms with van der Waals surface area (Å²) in [6.07, 6.45) is -1.36. The Morgan fingerprint density at radius 2 is 1.94 bits per heavy atom. The Morgan fingerprint density at radius 1 is 1.22 bits per heavy atom. The monoisotopic (exact) mass is 445 g/mol. The molecule has 1 aliphatic rings. The van der Waals surface area contributed by atoms with Crippen molar-refractivity contribution in [3.8, 4) is 5.75 Å². The van der Waals surface area contributed by atoms with Gasteiger partial charge in [-0.1, -0.05) is 5.16 Å². The van der Waals surface area contributed by atoms with E-state index in [1.54, 1.807) is 43.2 Å². The first-order valence-corrected chi connectivity index (χ1v) is 10.5. The number of likely N-dealkylation sites (tertiary alicyclic amines) is 1. The second kappa shape index (κ2) is 9.60. The van der Waals surface area contributed by atoms with Crippen molar-refractivity contribution in [3.05, 3.63) is 52.8 Å². The molecule has 0 bridgehead atoms. The van der Waals surface area contributed by atoms with Gasteiger partial charge in [-0.05, 0) is 50.1 Å². The van der Waals surface area contributed by atoms with Gasteiger partial charge in [0, 0.05) is 42.9 Å². The number of halogens is 2. The number of amides is 1. The Hall–Kier alpha value is -3.07. The van der Waals surface area contributed by atoms with Crippen LogP contribution in [0.2, 0.25) is 0 Å². The van der Waals surface area contributed by atoms with Gasteiger partial charge in [0.1, 0.15) is 12.4 Å². The highest BCUT2D eigenvalue weighted by Gasteiger charge is 2.28. The predicted octanol–water partition coefficient (Wildman–Crippen LogP) is 4.51. The molecule has 1 aromatic carbocycles. The number of nitrogens with zero attached hydrogens (tertiary/aromatic N) is 3. The summed E-state index contributed by atoms with van der Waals surface area (Å²) in [5.74, 6) is 0.591. The van der Waals surface area contributed by atoms with Gasteiger partial charge in [-0.15, -0.1) is 0 Å². The van der Waals surface area contributed by atoms with Gasteiger partial charge < -0.3 is 18.9 Å². The summed E-state index contributed by atoms with van der Waals surface area (Å²) in [5, 5.41) is 4.07. The first-order valence-electron chi connectivity index (χ1n) is 10.5. The smallest absolute Gasteiger partial charge is 0.264 e. The highest BCUT2D eigenvalue weighted by atomic mass is 19.3. The van der Waals surface area contributed by atoms with Crippen molar-refractivity contribution < 1.29 is 27.6 Å². The third-order valence-electron chi connectivity index (χ3n) is 5.76. The summed E-state index contributed by atoms with van der Waals surface area (Å²) >= 11 is 0. The standard InChI is InChI=1S/C23H25F2N3O4/c1-14-20-18(21(24)25)13-19(26-22(20)32-27-14)15-7-9-28(10-8-15)23(29)16-3-5-17(6-4-16)31-12-11-30-2/h3-6,13,15,21H,7-12H2,1-2H3. The number of benzene rings is 1. The average Bonchev–Trinajstić information content (AvgIpc) is 3.19. The largest absolute Gasteiger partial charge is 0.491 e. The minimum Gasteiger partial charge on any atom is -0.491 e. The van der Waals surface area contributed by atoms with E-state index in [2.05, 4.69) is 10.1 Å². The van der Waals surface area contributed by atoms with E-state index in [1.165, 1.54) is 6.07 Å². The zero-order valence-corrected chi connectivity index (χ0v) is 18.0. The van der Waals surface area contributed by atoms with Gasteiger partial charge in [0.05, 0.1) is 17.7 Å². The molecule has 0 spiro atoms. The van der Waals surface area contributed by atoms with Crippen molar-refractivity contribution in [3.63, 3.8) is 0 Å². The van der Waals surface area contributed by atoms with Crippen LogP contribution in [0, 0.1) is 6.92 Å². The van der Waals surface area contributed by atoms with E-state index in [4.69, 9.17) is 14.0 Å². The first kappa shape index (κ1) is 22.1. The Kier molecular flexibility index (Phi) is 6.64. The van der Waals surface area contributed by atoms with E-state index in [-0.39, 0.29) is 28.5 Å². The minimum absolute atomic E-state index is 0.0251. The van der Waals surface area contributed by atoms with Crippen LogP contribution in [0.25, 0.3) is 11.1 Å². The zero-order chi connectivity index (χ0) is 22.7. The van der Waals surface area contributed by atoms with Crippen LogP contribution >= 0.6 is 0 Å². The fraction of sp³-hybridized carbons (Fsp3) is 0.435. The van der Waals surface area contributed by atoms with Crippen molar-refractivity contribution in [1.29, 1.82) is 0 Å². The molecule has 32 heavy (non-hydrogen) atoms. The topological polar surface area (TPSA) is 77.7 Å². The number of fused-ring (bicyclic) bond motifs is 1. The molecule has 4 rings (SSSR count). The summed E-state index contributed by atoms with van der Waals surface area (Å²) in [6.45, 7) is 3.61. The second-order valence-corrected chi connectivity index (χ2v) is 7.82. The fourth-order valence-electron chi connectivity index (χ4n) is 4.03. The lowest BCUT2D eigenvalue weighted by atomic mass is 9.91. The van der Waals surface area contributed by atoms with Crippen LogP contribution < -0.4 is 4.74 Å². The highest BCUT2D eigenvalue weighted by molar-refractivity contribution is 5.94. The van der Waals surface area contributed by atoms with Gasteiger partial charge in [0.15, 0.2) is 0 Å². The van der Waals surface area contributed by atoms with Crippen molar-refractivity contribution >= 4 is 17.0 Å². The second-order valence-electron chi connectivity index (χ2n) is 7.82. The molecule has 1 saturated heterocycles. The molecule has 3 heterocycles. The number of aryl methyl sites for hydroxylation is 1. The number of methoxy groups -OCH3 is 1. The number of hydrogen-bond acceptors (Lipinski definition) is 6. The summed E-state index contributed by atoms with van der Waals surface area (Å²) in [5.41, 5.74) is 1.59. The van der Waals surface area contributed by atoms with E-state index in [0.29, 0.717) is 61.8 Å². The van der Waals surface area contributed by atoms with Gasteiger partial charge >= 0.3 is 0 Å². The summed E-state index contributed by atoms with van der Waals surface area (Å²) in [4.78, 5) is 19.1. The molecular weight excluding hydrogens is 420 g/mol. The maximum Gasteiger partial charge on any atom is 0.264 e. The lowest BCUT2D eigenvalue weighted by Crippen LogP contribution is -2.38. The van der Waals surface area contributed by atoms with Crippen LogP contribution in [-0.2, 0) is 4.74 Å². The number of alkyl halides is 2. The molecule has 7 nitrogen and oxygen atoms in total. The van der Waals surface area contributed by atoms with Crippen molar-refractivity contribution in [1.82, 2.24) is 15.0 Å². The average molecular weight is 445 g/mol. The molecular formula is C23H25F2N3O4. The fourth-order valence-corrected chi connectivity index (χ4v) is 4.03. The molecule has 2 aromatic heterocycles. The van der Waals surface area contributed by atoms with E-state index in [0.717, 1.165) is 0 Å². The van der Waals surface area contributed by atoms with Crippen LogP contribution in [0.5, 0.6) is 5.75 Å². The number of carbonyl (C=O) groups excluding carboxylic acids is 1. The zero-order valence-electron chi connectivity index (χ0n) is 18.0. The quantitative estimate of drug-likeness (QED) is 0.498. The molecule has 0 aliphatic carbocycles. The van der Waals surface area contributed by atoms with Crippen LogP contribution in [0.15, 0.2) is 34.9 Å². The maximum atomic E-state index is 13.6. The van der Waals surface area contributed by atoms with Crippen LogP contribution in [0.4, 0.5) is 8.78 Å². The maximum absolute atomic E-state index is 13.6. The van der Waals surface area contributed by atoms with Gasteiger partial charge in [0.2, 0.25) is 0 Å². The molecule has 1 aliphatic heterocycles. The molecule has 0 unspecified atom stereocenters. The SMILES string of the molecule is COCCOc1ccc(C(=O)N2CCC(c3cc(C(F)F)c4c(C)noc4n3)CC2)cc1. The summed E-state index contributed by atoms with van der Waals surface area (Å²) in [6, 6.07) is 8.47. The van der Waals surface area contributed by atoms with Crippen molar-refractivity contribution in [2.75, 3.05) is 33.4 Å². The van der Waals surface area contributed by atoms with E-state index >= 15 is 0 Å². The number of carbonyl (C=O) groups is 1. The Balaban J connectivity index is 1.41. The third-order valence-corrected chi connectivity index (χ3v) is 5.76. The number of hydrogen-bond donors (Lipinski definition) is 0. The summed E-state index contributed by atoms with van der Waals surface area (Å²) < 4.78 is 42.8. The Labute approximate surface area is 184 Å². The normalized spacial score (nSPS) is 15.0. The molecule has 1 fully saturated rings. The Bertz CT molecular complexity index is 1080. The molecule has 0 radical (unpaired) electrons. The Morgan fingerprint density at radius 3 is 2.59 bits per heavy atom. The van der Waals surface area contributed by atoms with Crippen LogP contribution in [0.3, 0.4) is 0 Å². The van der Waals surface area contributed by atoms with Gasteiger partial charge in [0.25, 0.3) is 18.0 Å². The van der Waals surface area contributed by atoms with E-state index in [9.17, 15) is 13.6 Å². The third kappa shape index (κ3) is 4.57. The molecule has 0 N–H and O–H groups in total. The molecule has 0 atom stereocenters. The first-order chi connectivity index (χ1) is 15.5. The molecule has 0 saturated carbocycles. The number of ether oxygens (including phenoxy) is 2. The minimum atomic E-state index is -2.64. The highest BCUT2D eigenvalue weighted by Crippen LogP contribution is 2.35. The molecule has 170 valence electrons. The van der Waals surface area contributed by atoms with E-state index < -0.39 is 6.43 Å². The van der Waals surface area contributed by atoms with E-state index in [1.807, 2.05) is 0 Å². The number of rotatable bonds is 7. The lowest BCUT2D eigenvalue weighted by Gasteiger charge is -2.32. The van der Waals surface area contributed by atoms with Gasteiger partial charge in [-0.2, -0.15) is 0 Å². The molecule has 1 amide bonds. The van der Waals surface area contributed by atoms with Crippen LogP contribution in [-0.4, -0.2) is 54.4 Å². The van der Waals surface area contributed by atoms with Gasteiger partial charge in [-0.3, -0.25) is 4.79 Å². The van der Waals surface area contributed by atoms with Gasteiger partial charge in [-0.25, -0.2) is 13.8 Å². The van der Waals surface area contributed by atoms with Crippen molar-refractivity contribution in [2.24, 2.45) is 0 Å². The van der Waals surface area contributed by atoms with Crippen LogP contribution in [0.1, 0.15) is 52.5 Å². The number of aromatic nitrogens is 2. The predicted molar refractivity (Wildman–Crippen MR) is 113 cm³/mol. The number of piperidine rings is 1. The lowest BCUT2D eigenvalue weighted by molar-refractivity contribution is 0.0712. The summed E-state index contributed by atoms with van der Waals surface area (Å²) in [7, 11) is 1.61. The molecule has 9 heteroatoms. The molecule has 3 aromatic rings. The van der Waals surface area contributed by atoms with Crippen molar-refractivity contribution in [2.45, 2.75) is 32.1 Å².